The van der Waals surface area contributed by atoms with Gasteiger partial charge in [-0.15, -0.1) is 0 Å². The van der Waals surface area contributed by atoms with E-state index in [0.29, 0.717) is 5.75 Å². The molecule has 2 aromatic rings. The molecule has 0 radical (unpaired) electrons. The molecule has 0 aliphatic heterocycles. The number of aryl methyl sites for hydroxylation is 1. The summed E-state index contributed by atoms with van der Waals surface area (Å²) in [5, 5.41) is 0. The van der Waals surface area contributed by atoms with Crippen LogP contribution in [0.25, 0.3) is 11.3 Å². The number of carbonyl (C=O) groups is 1. The molecule has 1 heterocycles. The number of rotatable bonds is 12. The fraction of sp³-hybridized carbons (Fsp3) is 0.520. The predicted molar refractivity (Wildman–Crippen MR) is 116 cm³/mol. The second-order valence-corrected chi connectivity index (χ2v) is 7.65. The van der Waals surface area contributed by atoms with Gasteiger partial charge in [0.15, 0.2) is 0 Å². The number of esters is 1. The third-order valence-corrected chi connectivity index (χ3v) is 5.28. The average molecular weight is 382 g/mol. The van der Waals surface area contributed by atoms with Crippen molar-refractivity contribution in [3.8, 4) is 17.0 Å². The van der Waals surface area contributed by atoms with Crippen LogP contribution in [0.3, 0.4) is 0 Å². The third kappa shape index (κ3) is 7.10. The van der Waals surface area contributed by atoms with Crippen LogP contribution < -0.4 is 4.74 Å². The van der Waals surface area contributed by atoms with Crippen molar-refractivity contribution in [2.24, 2.45) is 5.92 Å². The molecule has 1 atom stereocenters. The highest BCUT2D eigenvalue weighted by Gasteiger charge is 2.16. The Balaban J connectivity index is 1.99. The standard InChI is InChI=1S/C25H35NO2/c1-4-6-7-8-9-10-11-14-21-17-18-26-23(19-21)22-15-12-13-16-24(22)28-25(27)20(3)5-2/h12-13,15-20H,4-11,14H2,1-3H3. The Kier molecular flexibility index (Phi) is 9.74. The molecule has 152 valence electrons. The van der Waals surface area contributed by atoms with Crippen LogP contribution in [0.4, 0.5) is 0 Å². The number of pyridine rings is 1. The van der Waals surface area contributed by atoms with E-state index in [0.717, 1.165) is 24.1 Å². The van der Waals surface area contributed by atoms with Gasteiger partial charge in [0, 0.05) is 11.8 Å². The van der Waals surface area contributed by atoms with Crippen molar-refractivity contribution in [2.75, 3.05) is 0 Å². The van der Waals surface area contributed by atoms with E-state index >= 15 is 0 Å². The number of hydrogen-bond donors (Lipinski definition) is 0. The number of aromatic nitrogens is 1. The molecule has 1 unspecified atom stereocenters. The highest BCUT2D eigenvalue weighted by atomic mass is 16.5. The minimum absolute atomic E-state index is 0.107. The number of hydrogen-bond acceptors (Lipinski definition) is 3. The van der Waals surface area contributed by atoms with Crippen molar-refractivity contribution in [3.05, 3.63) is 48.2 Å². The molecule has 0 N–H and O–H groups in total. The summed E-state index contributed by atoms with van der Waals surface area (Å²) < 4.78 is 5.66. The first kappa shape index (κ1) is 22.1. The monoisotopic (exact) mass is 381 g/mol. The zero-order valence-electron chi connectivity index (χ0n) is 17.7. The average Bonchev–Trinajstić information content (AvgIpc) is 2.73. The quantitative estimate of drug-likeness (QED) is 0.226. The second kappa shape index (κ2) is 12.3. The molecule has 1 aromatic carbocycles. The van der Waals surface area contributed by atoms with Gasteiger partial charge in [-0.05, 0) is 49.1 Å². The van der Waals surface area contributed by atoms with Crippen LogP contribution in [0.15, 0.2) is 42.6 Å². The van der Waals surface area contributed by atoms with Crippen molar-refractivity contribution in [2.45, 2.75) is 78.6 Å². The molecule has 0 amide bonds. The summed E-state index contributed by atoms with van der Waals surface area (Å²) in [7, 11) is 0. The number of carbonyl (C=O) groups excluding carboxylic acids is 1. The summed E-state index contributed by atoms with van der Waals surface area (Å²) in [6.07, 6.45) is 12.9. The van der Waals surface area contributed by atoms with Gasteiger partial charge in [0.2, 0.25) is 0 Å². The van der Waals surface area contributed by atoms with Gasteiger partial charge < -0.3 is 4.74 Å². The molecule has 3 heteroatoms. The Bertz CT molecular complexity index is 726. The summed E-state index contributed by atoms with van der Waals surface area (Å²) in [5.74, 6) is 0.298. The molecule has 3 nitrogen and oxygen atoms in total. The summed E-state index contributed by atoms with van der Waals surface area (Å²) >= 11 is 0. The fourth-order valence-corrected chi connectivity index (χ4v) is 3.21. The first-order chi connectivity index (χ1) is 13.7. The lowest BCUT2D eigenvalue weighted by Crippen LogP contribution is -2.17. The van der Waals surface area contributed by atoms with Gasteiger partial charge in [-0.2, -0.15) is 0 Å². The minimum atomic E-state index is -0.186. The normalized spacial score (nSPS) is 12.0. The van der Waals surface area contributed by atoms with Crippen molar-refractivity contribution < 1.29 is 9.53 Å². The first-order valence-electron chi connectivity index (χ1n) is 10.9. The van der Waals surface area contributed by atoms with E-state index in [1.807, 2.05) is 44.3 Å². The van der Waals surface area contributed by atoms with E-state index in [9.17, 15) is 4.79 Å². The van der Waals surface area contributed by atoms with Crippen molar-refractivity contribution in [3.63, 3.8) is 0 Å². The largest absolute Gasteiger partial charge is 0.426 e. The molecule has 0 saturated carbocycles. The number of nitrogens with zero attached hydrogens (tertiary/aromatic N) is 1. The van der Waals surface area contributed by atoms with E-state index in [1.54, 1.807) is 0 Å². The van der Waals surface area contributed by atoms with Crippen LogP contribution in [0.1, 0.15) is 77.7 Å². The number of ether oxygens (including phenoxy) is 1. The van der Waals surface area contributed by atoms with Crippen LogP contribution in [0.5, 0.6) is 5.75 Å². The molecule has 0 spiro atoms. The van der Waals surface area contributed by atoms with Crippen LogP contribution in [-0.4, -0.2) is 11.0 Å². The van der Waals surface area contributed by atoms with Gasteiger partial charge >= 0.3 is 5.97 Å². The lowest BCUT2D eigenvalue weighted by molar-refractivity contribution is -0.138. The molecule has 2 rings (SSSR count). The number of benzene rings is 1. The van der Waals surface area contributed by atoms with Crippen molar-refractivity contribution in [1.29, 1.82) is 0 Å². The maximum Gasteiger partial charge on any atom is 0.314 e. The Morgan fingerprint density at radius 3 is 2.46 bits per heavy atom. The SMILES string of the molecule is CCCCCCCCCc1ccnc(-c2ccccc2OC(=O)C(C)CC)c1. The van der Waals surface area contributed by atoms with Crippen molar-refractivity contribution >= 4 is 5.97 Å². The molecule has 0 fully saturated rings. The summed E-state index contributed by atoms with van der Waals surface area (Å²) in [5.41, 5.74) is 3.04. The van der Waals surface area contributed by atoms with E-state index in [-0.39, 0.29) is 11.9 Å². The van der Waals surface area contributed by atoms with Crippen LogP contribution in [0, 0.1) is 5.92 Å². The number of para-hydroxylation sites is 1. The zero-order valence-corrected chi connectivity index (χ0v) is 17.7. The van der Waals surface area contributed by atoms with Gasteiger partial charge in [0.05, 0.1) is 11.6 Å². The van der Waals surface area contributed by atoms with Gasteiger partial charge in [-0.1, -0.05) is 71.4 Å². The number of unbranched alkanes of at least 4 members (excludes halogenated alkanes) is 6. The fourth-order valence-electron chi connectivity index (χ4n) is 3.21. The minimum Gasteiger partial charge on any atom is -0.426 e. The molecule has 0 aliphatic rings. The van der Waals surface area contributed by atoms with Crippen molar-refractivity contribution in [1.82, 2.24) is 4.98 Å². The third-order valence-electron chi connectivity index (χ3n) is 5.28. The van der Waals surface area contributed by atoms with Crippen LogP contribution in [-0.2, 0) is 11.2 Å². The Morgan fingerprint density at radius 2 is 1.71 bits per heavy atom. The molecule has 0 saturated heterocycles. The Morgan fingerprint density at radius 1 is 1.00 bits per heavy atom. The molecule has 0 bridgehead atoms. The topological polar surface area (TPSA) is 39.2 Å². The summed E-state index contributed by atoms with van der Waals surface area (Å²) in [6.45, 7) is 6.14. The highest BCUT2D eigenvalue weighted by Crippen LogP contribution is 2.30. The summed E-state index contributed by atoms with van der Waals surface area (Å²) in [4.78, 5) is 16.7. The molecule has 0 aliphatic carbocycles. The van der Waals surface area contributed by atoms with E-state index < -0.39 is 0 Å². The maximum atomic E-state index is 12.2. The highest BCUT2D eigenvalue weighted by molar-refractivity contribution is 5.78. The van der Waals surface area contributed by atoms with E-state index in [1.165, 1.54) is 50.5 Å². The van der Waals surface area contributed by atoms with Gasteiger partial charge in [-0.25, -0.2) is 0 Å². The van der Waals surface area contributed by atoms with Gasteiger partial charge in [0.1, 0.15) is 5.75 Å². The van der Waals surface area contributed by atoms with Crippen LogP contribution in [0.2, 0.25) is 0 Å². The van der Waals surface area contributed by atoms with Gasteiger partial charge in [-0.3, -0.25) is 9.78 Å². The smallest absolute Gasteiger partial charge is 0.314 e. The zero-order chi connectivity index (χ0) is 20.2. The first-order valence-corrected chi connectivity index (χ1v) is 10.9. The second-order valence-electron chi connectivity index (χ2n) is 7.65. The molecule has 28 heavy (non-hydrogen) atoms. The lowest BCUT2D eigenvalue weighted by atomic mass is 10.0. The lowest BCUT2D eigenvalue weighted by Gasteiger charge is -2.13. The van der Waals surface area contributed by atoms with Gasteiger partial charge in [0.25, 0.3) is 0 Å². The summed E-state index contributed by atoms with van der Waals surface area (Å²) in [6, 6.07) is 11.9. The maximum absolute atomic E-state index is 12.2. The van der Waals surface area contributed by atoms with E-state index in [4.69, 9.17) is 4.74 Å². The predicted octanol–water partition coefficient (Wildman–Crippen LogP) is 6.99. The Hall–Kier alpha value is -2.16. The molecular weight excluding hydrogens is 346 g/mol. The van der Waals surface area contributed by atoms with Crippen LogP contribution >= 0.6 is 0 Å². The molecular formula is C25H35NO2. The molecule has 1 aromatic heterocycles. The van der Waals surface area contributed by atoms with E-state index in [2.05, 4.69) is 24.0 Å². The Labute approximate surface area is 170 Å².